The quantitative estimate of drug-likeness (QED) is 0.753. The summed E-state index contributed by atoms with van der Waals surface area (Å²) in [5.41, 5.74) is 4.90. The van der Waals surface area contributed by atoms with Gasteiger partial charge in [0.15, 0.2) is 0 Å². The second-order valence-corrected chi connectivity index (χ2v) is 9.29. The predicted molar refractivity (Wildman–Crippen MR) is 116 cm³/mol. The number of piperazine rings is 1. The Morgan fingerprint density at radius 1 is 1.03 bits per heavy atom. The van der Waals surface area contributed by atoms with Crippen molar-refractivity contribution in [3.8, 4) is 0 Å². The number of hydrogen-bond acceptors (Lipinski definition) is 7. The third-order valence-electron chi connectivity index (χ3n) is 6.23. The fourth-order valence-corrected chi connectivity index (χ4v) is 5.58. The fourth-order valence-electron chi connectivity index (χ4n) is 4.63. The van der Waals surface area contributed by atoms with Crippen molar-refractivity contribution in [1.29, 1.82) is 0 Å². The van der Waals surface area contributed by atoms with Crippen LogP contribution >= 0.6 is 11.8 Å². The van der Waals surface area contributed by atoms with E-state index in [1.54, 1.807) is 10.7 Å². The highest BCUT2D eigenvalue weighted by atomic mass is 32.2. The average Bonchev–Trinajstić information content (AvgIpc) is 3.20. The van der Waals surface area contributed by atoms with E-state index in [-0.39, 0.29) is 5.56 Å². The molecule has 0 aromatic carbocycles. The molecule has 0 radical (unpaired) electrons. The molecule has 3 aliphatic rings. The Kier molecular flexibility index (Phi) is 5.30. The van der Waals surface area contributed by atoms with Crippen LogP contribution in [0, 0.1) is 6.92 Å². The molecule has 154 valence electrons. The maximum absolute atomic E-state index is 12.4. The van der Waals surface area contributed by atoms with Gasteiger partial charge < -0.3 is 4.90 Å². The SMILES string of the molecule is Cc1nc2c(c(N3CCN(CCn4nc5c(cc4=O)CSCC5)CC3)n1)CCC2. The number of rotatable bonds is 4. The van der Waals surface area contributed by atoms with Crippen LogP contribution in [0.1, 0.15) is 34.8 Å². The van der Waals surface area contributed by atoms with Gasteiger partial charge in [0.05, 0.1) is 12.2 Å². The predicted octanol–water partition coefficient (Wildman–Crippen LogP) is 1.44. The summed E-state index contributed by atoms with van der Waals surface area (Å²) in [6.45, 7) is 7.48. The van der Waals surface area contributed by atoms with E-state index >= 15 is 0 Å². The molecule has 0 amide bonds. The maximum Gasteiger partial charge on any atom is 0.267 e. The first-order chi connectivity index (χ1) is 14.2. The molecular weight excluding hydrogens is 384 g/mol. The van der Waals surface area contributed by atoms with Gasteiger partial charge in [0.25, 0.3) is 5.56 Å². The van der Waals surface area contributed by atoms with Crippen LogP contribution < -0.4 is 10.5 Å². The topological polar surface area (TPSA) is 67.2 Å². The second kappa shape index (κ2) is 8.07. The highest BCUT2D eigenvalue weighted by molar-refractivity contribution is 7.98. The number of thioether (sulfide) groups is 1. The molecule has 5 rings (SSSR count). The highest BCUT2D eigenvalue weighted by Gasteiger charge is 2.25. The van der Waals surface area contributed by atoms with Crippen LogP contribution in [0.4, 0.5) is 5.82 Å². The number of hydrogen-bond donors (Lipinski definition) is 0. The summed E-state index contributed by atoms with van der Waals surface area (Å²) >= 11 is 1.88. The van der Waals surface area contributed by atoms with Crippen molar-refractivity contribution in [2.75, 3.05) is 43.4 Å². The van der Waals surface area contributed by atoms with Gasteiger partial charge in [0.1, 0.15) is 11.6 Å². The van der Waals surface area contributed by atoms with Crippen LogP contribution in [0.15, 0.2) is 10.9 Å². The minimum Gasteiger partial charge on any atom is -0.354 e. The second-order valence-electron chi connectivity index (χ2n) is 8.18. The third kappa shape index (κ3) is 3.92. The van der Waals surface area contributed by atoms with Crippen molar-refractivity contribution < 1.29 is 0 Å². The van der Waals surface area contributed by atoms with Gasteiger partial charge in [-0.2, -0.15) is 16.9 Å². The van der Waals surface area contributed by atoms with Crippen molar-refractivity contribution in [2.24, 2.45) is 0 Å². The van der Waals surface area contributed by atoms with Crippen LogP contribution in [0.3, 0.4) is 0 Å². The molecule has 0 saturated carbocycles. The van der Waals surface area contributed by atoms with Crippen LogP contribution in [0.5, 0.6) is 0 Å². The molecule has 7 nitrogen and oxygen atoms in total. The van der Waals surface area contributed by atoms with Gasteiger partial charge in [-0.1, -0.05) is 0 Å². The lowest BCUT2D eigenvalue weighted by molar-refractivity contribution is 0.241. The molecule has 1 fully saturated rings. The lowest BCUT2D eigenvalue weighted by Crippen LogP contribution is -2.48. The van der Waals surface area contributed by atoms with E-state index in [0.717, 1.165) is 86.4 Å². The Morgan fingerprint density at radius 3 is 2.76 bits per heavy atom. The molecule has 1 aliphatic carbocycles. The number of anilines is 1. The minimum atomic E-state index is 0.0388. The molecule has 8 heteroatoms. The standard InChI is InChI=1S/C21H28N6OS/c1-15-22-19-4-2-3-17(19)21(23-15)26-9-6-25(7-10-26)8-11-27-20(28)13-16-14-29-12-5-18(16)24-27/h13H,2-12,14H2,1H3. The number of aromatic nitrogens is 4. The molecule has 29 heavy (non-hydrogen) atoms. The number of nitrogens with zero attached hydrogens (tertiary/aromatic N) is 6. The molecular formula is C21H28N6OS. The summed E-state index contributed by atoms with van der Waals surface area (Å²) in [4.78, 5) is 26.7. The van der Waals surface area contributed by atoms with Crippen molar-refractivity contribution >= 4 is 17.6 Å². The first-order valence-corrected chi connectivity index (χ1v) is 11.8. The maximum atomic E-state index is 12.4. The van der Waals surface area contributed by atoms with Gasteiger partial charge in [-0.3, -0.25) is 9.69 Å². The van der Waals surface area contributed by atoms with Crippen LogP contribution in [-0.4, -0.2) is 63.1 Å². The van der Waals surface area contributed by atoms with E-state index in [0.29, 0.717) is 6.54 Å². The van der Waals surface area contributed by atoms with Crippen LogP contribution in [-0.2, 0) is 31.6 Å². The third-order valence-corrected chi connectivity index (χ3v) is 7.24. The zero-order chi connectivity index (χ0) is 19.8. The van der Waals surface area contributed by atoms with E-state index in [1.807, 2.05) is 18.7 Å². The summed E-state index contributed by atoms with van der Waals surface area (Å²) in [5, 5.41) is 4.65. The van der Waals surface area contributed by atoms with Gasteiger partial charge in [-0.05, 0) is 37.5 Å². The first-order valence-electron chi connectivity index (χ1n) is 10.7. The van der Waals surface area contributed by atoms with E-state index < -0.39 is 0 Å². The number of fused-ring (bicyclic) bond motifs is 2. The van der Waals surface area contributed by atoms with E-state index in [4.69, 9.17) is 4.98 Å². The van der Waals surface area contributed by atoms with Gasteiger partial charge in [-0.15, -0.1) is 0 Å². The van der Waals surface area contributed by atoms with E-state index in [2.05, 4.69) is 19.9 Å². The molecule has 2 aromatic rings. The number of aryl methyl sites for hydroxylation is 3. The average molecular weight is 413 g/mol. The van der Waals surface area contributed by atoms with Crippen LogP contribution in [0.25, 0.3) is 0 Å². The molecule has 2 aromatic heterocycles. The monoisotopic (exact) mass is 412 g/mol. The van der Waals surface area contributed by atoms with Crippen molar-refractivity contribution in [2.45, 2.75) is 44.9 Å². The Hall–Kier alpha value is -1.93. The molecule has 1 saturated heterocycles. The fraction of sp³-hybridized carbons (Fsp3) is 0.619. The van der Waals surface area contributed by atoms with Gasteiger partial charge in [0, 0.05) is 62.2 Å². The Balaban J connectivity index is 1.21. The highest BCUT2D eigenvalue weighted by Crippen LogP contribution is 2.29. The molecule has 0 bridgehead atoms. The lowest BCUT2D eigenvalue weighted by atomic mass is 10.2. The molecule has 0 unspecified atom stereocenters. The normalized spacial score (nSPS) is 19.3. The van der Waals surface area contributed by atoms with Crippen molar-refractivity contribution in [3.63, 3.8) is 0 Å². The van der Waals surface area contributed by atoms with Gasteiger partial charge in [-0.25, -0.2) is 14.6 Å². The summed E-state index contributed by atoms with van der Waals surface area (Å²) < 4.78 is 1.67. The van der Waals surface area contributed by atoms with Crippen LogP contribution in [0.2, 0.25) is 0 Å². The molecule has 2 aliphatic heterocycles. The minimum absolute atomic E-state index is 0.0388. The smallest absolute Gasteiger partial charge is 0.267 e. The zero-order valence-corrected chi connectivity index (χ0v) is 17.9. The van der Waals surface area contributed by atoms with E-state index in [9.17, 15) is 4.79 Å². The molecule has 0 spiro atoms. The lowest BCUT2D eigenvalue weighted by Gasteiger charge is -2.36. The van der Waals surface area contributed by atoms with Gasteiger partial charge >= 0.3 is 0 Å². The zero-order valence-electron chi connectivity index (χ0n) is 17.1. The van der Waals surface area contributed by atoms with Crippen molar-refractivity contribution in [3.05, 3.63) is 44.8 Å². The largest absolute Gasteiger partial charge is 0.354 e. The Morgan fingerprint density at radius 2 is 1.90 bits per heavy atom. The Labute approximate surface area is 175 Å². The Bertz CT molecular complexity index is 966. The summed E-state index contributed by atoms with van der Waals surface area (Å²) in [5.74, 6) is 4.08. The van der Waals surface area contributed by atoms with Gasteiger partial charge in [0.2, 0.25) is 0 Å². The molecule has 0 N–H and O–H groups in total. The summed E-state index contributed by atoms with van der Waals surface area (Å²) in [6, 6.07) is 1.80. The van der Waals surface area contributed by atoms with Crippen molar-refractivity contribution in [1.82, 2.24) is 24.6 Å². The first kappa shape index (κ1) is 19.1. The molecule has 4 heterocycles. The summed E-state index contributed by atoms with van der Waals surface area (Å²) in [6.07, 6.45) is 4.37. The summed E-state index contributed by atoms with van der Waals surface area (Å²) in [7, 11) is 0. The molecule has 0 atom stereocenters. The van der Waals surface area contributed by atoms with E-state index in [1.165, 1.54) is 17.7 Å².